The largest absolute Gasteiger partial charge is 0.481 e. The number of fused-ring (bicyclic) bond motifs is 1. The summed E-state index contributed by atoms with van der Waals surface area (Å²) in [5, 5.41) is 9.29. The van der Waals surface area contributed by atoms with Crippen molar-refractivity contribution in [2.75, 3.05) is 23.7 Å². The maximum absolute atomic E-state index is 11.3. The third-order valence-electron chi connectivity index (χ3n) is 6.81. The molecule has 9 nitrogen and oxygen atoms in total. The van der Waals surface area contributed by atoms with Gasteiger partial charge in [0.05, 0.1) is 29.1 Å². The Balaban J connectivity index is 1.44. The summed E-state index contributed by atoms with van der Waals surface area (Å²) in [5.41, 5.74) is 11.0. The maximum atomic E-state index is 11.3. The Morgan fingerprint density at radius 3 is 2.43 bits per heavy atom. The molecule has 1 fully saturated rings. The first kappa shape index (κ1) is 22.7. The van der Waals surface area contributed by atoms with Crippen molar-refractivity contribution >= 4 is 28.8 Å². The number of hydrogen-bond acceptors (Lipinski definition) is 7. The van der Waals surface area contributed by atoms with Crippen LogP contribution in [0.25, 0.3) is 39.5 Å². The fourth-order valence-electron chi connectivity index (χ4n) is 4.81. The number of aliphatic carboxylic acids is 1. The van der Waals surface area contributed by atoms with Crippen molar-refractivity contribution in [2.24, 2.45) is 5.92 Å². The molecule has 1 aliphatic rings. The van der Waals surface area contributed by atoms with Crippen LogP contribution in [0.5, 0.6) is 0 Å². The minimum atomic E-state index is -0.723. The summed E-state index contributed by atoms with van der Waals surface area (Å²) < 4.78 is 1.96. The lowest BCUT2D eigenvalue weighted by molar-refractivity contribution is -0.142. The fraction of sp³-hybridized carbons (Fsp3) is 0.179. The van der Waals surface area contributed by atoms with Gasteiger partial charge in [-0.2, -0.15) is 0 Å². The van der Waals surface area contributed by atoms with Crippen molar-refractivity contribution in [2.45, 2.75) is 12.8 Å². The van der Waals surface area contributed by atoms with Gasteiger partial charge >= 0.3 is 5.97 Å². The van der Waals surface area contributed by atoms with Crippen LogP contribution in [0.2, 0.25) is 0 Å². The number of carbonyl (C=O) groups is 1. The number of aromatic nitrogens is 5. The summed E-state index contributed by atoms with van der Waals surface area (Å²) >= 11 is 0. The molecule has 0 unspecified atom stereocenters. The number of anilines is 2. The van der Waals surface area contributed by atoms with Crippen LogP contribution in [-0.4, -0.2) is 48.7 Å². The summed E-state index contributed by atoms with van der Waals surface area (Å²) in [7, 11) is 0. The summed E-state index contributed by atoms with van der Waals surface area (Å²) in [4.78, 5) is 32.3. The number of hydrogen-bond donors (Lipinski definition) is 2. The normalized spacial score (nSPS) is 14.2. The van der Waals surface area contributed by atoms with Crippen molar-refractivity contribution in [3.8, 4) is 28.3 Å². The number of carboxylic acids is 1. The molecule has 5 heterocycles. The van der Waals surface area contributed by atoms with E-state index in [1.54, 1.807) is 12.4 Å². The van der Waals surface area contributed by atoms with Gasteiger partial charge in [0.25, 0.3) is 0 Å². The summed E-state index contributed by atoms with van der Waals surface area (Å²) in [6, 6.07) is 21.6. The SMILES string of the molecule is Nc1ncccc1-c1nc2ccc(-c3ccccc3)nc2n1-c1ccc(N2CCC(C(=O)O)CC2)nc1. The predicted octanol–water partition coefficient (Wildman–Crippen LogP) is 4.43. The Morgan fingerprint density at radius 1 is 0.919 bits per heavy atom. The van der Waals surface area contributed by atoms with Crippen molar-refractivity contribution in [1.29, 1.82) is 0 Å². The fourth-order valence-corrected chi connectivity index (χ4v) is 4.81. The zero-order valence-corrected chi connectivity index (χ0v) is 20.0. The molecule has 1 aromatic carbocycles. The second kappa shape index (κ2) is 9.34. The molecule has 0 aliphatic carbocycles. The van der Waals surface area contributed by atoms with Gasteiger partial charge in [-0.25, -0.2) is 19.9 Å². The number of pyridine rings is 3. The molecule has 4 aromatic heterocycles. The van der Waals surface area contributed by atoms with Crippen LogP contribution in [-0.2, 0) is 4.79 Å². The smallest absolute Gasteiger partial charge is 0.306 e. The number of benzene rings is 1. The van der Waals surface area contributed by atoms with Gasteiger partial charge in [-0.1, -0.05) is 30.3 Å². The second-order valence-electron chi connectivity index (χ2n) is 9.09. The number of nitrogens with two attached hydrogens (primary N) is 1. The highest BCUT2D eigenvalue weighted by Crippen LogP contribution is 2.32. The lowest BCUT2D eigenvalue weighted by Gasteiger charge is -2.31. The van der Waals surface area contributed by atoms with Crippen LogP contribution in [0.4, 0.5) is 11.6 Å². The Labute approximate surface area is 213 Å². The van der Waals surface area contributed by atoms with Gasteiger partial charge < -0.3 is 15.7 Å². The maximum Gasteiger partial charge on any atom is 0.306 e. The van der Waals surface area contributed by atoms with Gasteiger partial charge in [0.2, 0.25) is 0 Å². The molecule has 6 rings (SSSR count). The second-order valence-corrected chi connectivity index (χ2v) is 9.09. The number of rotatable bonds is 5. The molecule has 0 bridgehead atoms. The molecule has 0 atom stereocenters. The first-order valence-electron chi connectivity index (χ1n) is 12.2. The standard InChI is InChI=1S/C28H25N7O2/c29-25-21(7-4-14-30-25)26-33-23-10-9-22(18-5-2-1-3-6-18)32-27(23)35(26)20-8-11-24(31-17-20)34-15-12-19(13-16-34)28(36)37/h1-11,14,17,19H,12-13,15-16H2,(H2,29,30)(H,36,37). The molecule has 1 saturated heterocycles. The van der Waals surface area contributed by atoms with Crippen molar-refractivity contribution in [3.05, 3.63) is 79.1 Å². The first-order chi connectivity index (χ1) is 18.1. The van der Waals surface area contributed by atoms with E-state index in [1.807, 2.05) is 71.3 Å². The van der Waals surface area contributed by atoms with E-state index in [9.17, 15) is 9.90 Å². The van der Waals surface area contributed by atoms with Gasteiger partial charge in [0, 0.05) is 24.8 Å². The number of piperidine rings is 1. The number of imidazole rings is 1. The zero-order chi connectivity index (χ0) is 25.4. The van der Waals surface area contributed by atoms with Crippen molar-refractivity contribution in [1.82, 2.24) is 24.5 Å². The molecular formula is C28H25N7O2. The Bertz CT molecular complexity index is 1570. The Morgan fingerprint density at radius 2 is 1.73 bits per heavy atom. The Kier molecular flexibility index (Phi) is 5.72. The highest BCUT2D eigenvalue weighted by molar-refractivity contribution is 5.84. The molecule has 37 heavy (non-hydrogen) atoms. The van der Waals surface area contributed by atoms with E-state index in [4.69, 9.17) is 20.7 Å². The van der Waals surface area contributed by atoms with Gasteiger partial charge in [-0.15, -0.1) is 0 Å². The third-order valence-corrected chi connectivity index (χ3v) is 6.81. The Hall–Kier alpha value is -4.79. The molecule has 0 spiro atoms. The molecule has 1 aliphatic heterocycles. The van der Waals surface area contributed by atoms with E-state index < -0.39 is 5.97 Å². The highest BCUT2D eigenvalue weighted by Gasteiger charge is 2.25. The number of carboxylic acid groups (broad SMARTS) is 1. The average Bonchev–Trinajstić information content (AvgIpc) is 3.32. The molecule has 0 amide bonds. The molecule has 184 valence electrons. The molecule has 0 saturated carbocycles. The van der Waals surface area contributed by atoms with Gasteiger partial charge in [-0.3, -0.25) is 9.36 Å². The topological polar surface area (TPSA) is 123 Å². The van der Waals surface area contributed by atoms with Crippen LogP contribution >= 0.6 is 0 Å². The lowest BCUT2D eigenvalue weighted by atomic mass is 9.97. The van der Waals surface area contributed by atoms with Crippen LogP contribution in [0, 0.1) is 5.92 Å². The zero-order valence-electron chi connectivity index (χ0n) is 20.0. The third kappa shape index (κ3) is 4.24. The van der Waals surface area contributed by atoms with Crippen LogP contribution in [0.1, 0.15) is 12.8 Å². The van der Waals surface area contributed by atoms with E-state index in [0.717, 1.165) is 28.3 Å². The van der Waals surface area contributed by atoms with E-state index in [0.29, 0.717) is 48.8 Å². The van der Waals surface area contributed by atoms with Crippen LogP contribution in [0.3, 0.4) is 0 Å². The number of nitrogens with zero attached hydrogens (tertiary/aromatic N) is 6. The van der Waals surface area contributed by atoms with E-state index >= 15 is 0 Å². The van der Waals surface area contributed by atoms with Crippen LogP contribution in [0.15, 0.2) is 79.1 Å². The molecule has 0 radical (unpaired) electrons. The first-order valence-corrected chi connectivity index (χ1v) is 12.2. The molecular weight excluding hydrogens is 466 g/mol. The minimum Gasteiger partial charge on any atom is -0.481 e. The quantitative estimate of drug-likeness (QED) is 0.370. The summed E-state index contributed by atoms with van der Waals surface area (Å²) in [5.74, 6) is 0.825. The summed E-state index contributed by atoms with van der Waals surface area (Å²) in [6.45, 7) is 1.33. The monoisotopic (exact) mass is 491 g/mol. The predicted molar refractivity (Wildman–Crippen MR) is 142 cm³/mol. The van der Waals surface area contributed by atoms with Crippen molar-refractivity contribution in [3.63, 3.8) is 0 Å². The lowest BCUT2D eigenvalue weighted by Crippen LogP contribution is -2.36. The van der Waals surface area contributed by atoms with Gasteiger partial charge in [0.1, 0.15) is 17.2 Å². The molecule has 5 aromatic rings. The number of nitrogen functional groups attached to an aromatic ring is 1. The highest BCUT2D eigenvalue weighted by atomic mass is 16.4. The van der Waals surface area contributed by atoms with Gasteiger partial charge in [-0.05, 0) is 49.2 Å². The minimum absolute atomic E-state index is 0.287. The van der Waals surface area contributed by atoms with E-state index in [1.165, 1.54) is 0 Å². The average molecular weight is 492 g/mol. The summed E-state index contributed by atoms with van der Waals surface area (Å²) in [6.07, 6.45) is 4.68. The van der Waals surface area contributed by atoms with Gasteiger partial charge in [0.15, 0.2) is 11.5 Å². The van der Waals surface area contributed by atoms with Crippen molar-refractivity contribution < 1.29 is 9.90 Å². The van der Waals surface area contributed by atoms with E-state index in [2.05, 4.69) is 9.88 Å². The molecule has 3 N–H and O–H groups in total. The molecule has 9 heteroatoms. The van der Waals surface area contributed by atoms with Crippen LogP contribution < -0.4 is 10.6 Å². The van der Waals surface area contributed by atoms with E-state index in [-0.39, 0.29) is 5.92 Å².